The quantitative estimate of drug-likeness (QED) is 0.137. The van der Waals surface area contributed by atoms with E-state index in [2.05, 4.69) is 0 Å². The highest BCUT2D eigenvalue weighted by Crippen LogP contribution is 2.57. The molecule has 0 saturated carbocycles. The van der Waals surface area contributed by atoms with Crippen molar-refractivity contribution in [3.63, 3.8) is 0 Å². The van der Waals surface area contributed by atoms with Crippen LogP contribution < -0.4 is 4.90 Å². The van der Waals surface area contributed by atoms with Gasteiger partial charge in [-0.2, -0.15) is 26.3 Å². The van der Waals surface area contributed by atoms with Crippen LogP contribution in [0.2, 0.25) is 0 Å². The summed E-state index contributed by atoms with van der Waals surface area (Å²) in [5, 5.41) is 12.6. The molecule has 240 valence electrons. The summed E-state index contributed by atoms with van der Waals surface area (Å²) >= 11 is 0. The summed E-state index contributed by atoms with van der Waals surface area (Å²) in [6.07, 6.45) is -7.86. The zero-order chi connectivity index (χ0) is 33.7. The monoisotopic (exact) mass is 651 g/mol. The van der Waals surface area contributed by atoms with Crippen molar-refractivity contribution >= 4 is 39.8 Å². The van der Waals surface area contributed by atoms with Crippen molar-refractivity contribution in [2.45, 2.75) is 38.0 Å². The van der Waals surface area contributed by atoms with Crippen LogP contribution in [-0.2, 0) is 31.5 Å². The van der Waals surface area contributed by atoms with Crippen LogP contribution in [0.5, 0.6) is 5.75 Å². The number of ketones is 2. The Bertz CT molecular complexity index is 2020. The lowest BCUT2D eigenvalue weighted by molar-refractivity contribution is -0.143. The average molecular weight is 652 g/mol. The Kier molecular flexibility index (Phi) is 6.68. The van der Waals surface area contributed by atoms with Crippen LogP contribution in [0.1, 0.15) is 42.4 Å². The predicted molar refractivity (Wildman–Crippen MR) is 156 cm³/mol. The van der Waals surface area contributed by atoms with E-state index >= 15 is 0 Å². The van der Waals surface area contributed by atoms with E-state index in [0.717, 1.165) is 0 Å². The Morgan fingerprint density at radius 3 is 2.15 bits per heavy atom. The third-order valence-corrected chi connectivity index (χ3v) is 9.64. The molecule has 0 aromatic heterocycles. The van der Waals surface area contributed by atoms with Crippen LogP contribution >= 0.6 is 0 Å². The molecule has 2 amide bonds. The van der Waals surface area contributed by atoms with E-state index in [9.17, 15) is 50.6 Å². The predicted octanol–water partition coefficient (Wildman–Crippen LogP) is 7.22. The minimum Gasteiger partial charge on any atom is -0.507 e. The maximum Gasteiger partial charge on any atom is 0.416 e. The first-order chi connectivity index (χ1) is 22.1. The lowest BCUT2D eigenvalue weighted by atomic mass is 9.59. The van der Waals surface area contributed by atoms with Gasteiger partial charge in [-0.3, -0.25) is 19.2 Å². The number of carbonyl (C=O) groups is 4. The Hall–Kier alpha value is -5.00. The van der Waals surface area contributed by atoms with E-state index in [1.54, 1.807) is 42.5 Å². The van der Waals surface area contributed by atoms with Crippen molar-refractivity contribution in [1.82, 2.24) is 0 Å². The van der Waals surface area contributed by atoms with Crippen molar-refractivity contribution < 1.29 is 50.6 Å². The van der Waals surface area contributed by atoms with Crippen molar-refractivity contribution in [2.75, 3.05) is 4.90 Å². The molecule has 4 aliphatic rings. The molecule has 3 aromatic rings. The van der Waals surface area contributed by atoms with Gasteiger partial charge in [0, 0.05) is 33.6 Å². The molecule has 47 heavy (non-hydrogen) atoms. The van der Waals surface area contributed by atoms with Crippen LogP contribution in [0.25, 0.3) is 10.8 Å². The van der Waals surface area contributed by atoms with Crippen LogP contribution in [0.15, 0.2) is 89.0 Å². The molecule has 3 aliphatic carbocycles. The van der Waals surface area contributed by atoms with Gasteiger partial charge in [0.15, 0.2) is 11.6 Å². The van der Waals surface area contributed by atoms with E-state index < -0.39 is 76.2 Å². The Morgan fingerprint density at radius 1 is 0.830 bits per heavy atom. The SMILES string of the molecule is CC1=CC(=O)C2=C(C1=O)C(c1ccc3ccccc3c1O)C1=CCC3C(=O)N(c4cc(C(F)(F)F)cc(C(F)(F)F)c4)C(=O)C3C1C2. The first-order valence-electron chi connectivity index (χ1n) is 14.7. The zero-order valence-electron chi connectivity index (χ0n) is 24.4. The number of fused-ring (bicyclic) bond motifs is 4. The molecule has 0 spiro atoms. The highest BCUT2D eigenvalue weighted by molar-refractivity contribution is 6.25. The standard InChI is InChI=1S/C35H23F6NO5/c1-15-10-26(43)25-14-24-21(27(29(25)30(15)44)22-7-6-16-4-2-3-5-20(16)31(22)45)8-9-23-28(24)33(47)42(32(23)46)19-12-17(34(36,37)38)11-18(13-19)35(39,40)41/h2-8,10-13,23-24,27-28,45H,9,14H2,1H3. The molecule has 4 unspecified atom stereocenters. The Balaban J connectivity index is 1.37. The topological polar surface area (TPSA) is 91.8 Å². The number of halogens is 6. The van der Waals surface area contributed by atoms with Gasteiger partial charge in [-0.05, 0) is 55.3 Å². The fourth-order valence-corrected chi connectivity index (χ4v) is 7.54. The van der Waals surface area contributed by atoms with Crippen LogP contribution in [-0.4, -0.2) is 28.5 Å². The number of Topliss-reactive ketones (excluding diaryl/α,β-unsaturated/α-hetero) is 1. The number of nitrogens with zero attached hydrogens (tertiary/aromatic N) is 1. The molecule has 0 radical (unpaired) electrons. The van der Waals surface area contributed by atoms with Crippen molar-refractivity contribution in [3.05, 3.63) is 106 Å². The highest BCUT2D eigenvalue weighted by Gasteiger charge is 2.57. The third kappa shape index (κ3) is 4.63. The second-order valence-corrected chi connectivity index (χ2v) is 12.2. The zero-order valence-corrected chi connectivity index (χ0v) is 24.4. The molecule has 1 aliphatic heterocycles. The fourth-order valence-electron chi connectivity index (χ4n) is 7.54. The number of hydrogen-bond donors (Lipinski definition) is 1. The van der Waals surface area contributed by atoms with E-state index in [4.69, 9.17) is 0 Å². The third-order valence-electron chi connectivity index (χ3n) is 9.64. The van der Waals surface area contributed by atoms with Gasteiger partial charge in [0.25, 0.3) is 0 Å². The smallest absolute Gasteiger partial charge is 0.416 e. The molecule has 6 nitrogen and oxygen atoms in total. The molecule has 1 fully saturated rings. The molecular formula is C35H23F6NO5. The van der Waals surface area contributed by atoms with Crippen molar-refractivity contribution in [3.8, 4) is 5.75 Å². The van der Waals surface area contributed by atoms with E-state index in [1.165, 1.54) is 13.0 Å². The number of amides is 2. The summed E-state index contributed by atoms with van der Waals surface area (Å²) < 4.78 is 82.0. The average Bonchev–Trinajstić information content (AvgIpc) is 3.27. The first-order valence-corrected chi connectivity index (χ1v) is 14.7. The number of imide groups is 1. The lowest BCUT2D eigenvalue weighted by Crippen LogP contribution is -2.39. The van der Waals surface area contributed by atoms with Gasteiger partial charge in [0.1, 0.15) is 5.75 Å². The molecule has 1 heterocycles. The molecule has 4 atom stereocenters. The molecule has 7 rings (SSSR count). The fraction of sp³-hybridized carbons (Fsp3) is 0.257. The van der Waals surface area contributed by atoms with Gasteiger partial charge < -0.3 is 5.11 Å². The molecule has 3 aromatic carbocycles. The summed E-state index contributed by atoms with van der Waals surface area (Å²) in [4.78, 5) is 55.1. The van der Waals surface area contributed by atoms with Crippen molar-refractivity contribution in [2.24, 2.45) is 17.8 Å². The number of carbonyl (C=O) groups excluding carboxylic acids is 4. The lowest BCUT2D eigenvalue weighted by Gasteiger charge is -2.42. The normalized spacial score (nSPS) is 24.7. The van der Waals surface area contributed by atoms with Gasteiger partial charge in [-0.1, -0.05) is 48.0 Å². The number of phenols is 1. The van der Waals surface area contributed by atoms with Gasteiger partial charge in [0.2, 0.25) is 11.8 Å². The van der Waals surface area contributed by atoms with Gasteiger partial charge in [-0.15, -0.1) is 0 Å². The van der Waals surface area contributed by atoms with E-state index in [-0.39, 0.29) is 46.9 Å². The summed E-state index contributed by atoms with van der Waals surface area (Å²) in [6.45, 7) is 1.49. The maximum atomic E-state index is 14.1. The Morgan fingerprint density at radius 2 is 1.49 bits per heavy atom. The second-order valence-electron chi connectivity index (χ2n) is 12.2. The summed E-state index contributed by atoms with van der Waals surface area (Å²) in [5.41, 5.74) is -3.08. The molecule has 1 N–H and O–H groups in total. The minimum absolute atomic E-state index is 0.0816. The first kappa shape index (κ1) is 30.6. The number of rotatable bonds is 2. The van der Waals surface area contributed by atoms with Gasteiger partial charge >= 0.3 is 12.4 Å². The summed E-state index contributed by atoms with van der Waals surface area (Å²) in [6, 6.07) is 10.9. The van der Waals surface area contributed by atoms with Gasteiger partial charge in [0.05, 0.1) is 28.7 Å². The number of anilines is 1. The Labute approximate surface area is 262 Å². The number of benzene rings is 3. The number of aromatic hydroxyl groups is 1. The van der Waals surface area contributed by atoms with Crippen LogP contribution in [0.3, 0.4) is 0 Å². The summed E-state index contributed by atoms with van der Waals surface area (Å²) in [7, 11) is 0. The van der Waals surface area contributed by atoms with Crippen LogP contribution in [0.4, 0.5) is 32.0 Å². The number of alkyl halides is 6. The van der Waals surface area contributed by atoms with Crippen LogP contribution in [0, 0.1) is 17.8 Å². The summed E-state index contributed by atoms with van der Waals surface area (Å²) in [5.74, 6) is -7.36. The van der Waals surface area contributed by atoms with Gasteiger partial charge in [-0.25, -0.2) is 4.90 Å². The highest BCUT2D eigenvalue weighted by atomic mass is 19.4. The molecule has 1 saturated heterocycles. The maximum absolute atomic E-state index is 14.1. The van der Waals surface area contributed by atoms with E-state index in [0.29, 0.717) is 33.4 Å². The molecule has 12 heteroatoms. The van der Waals surface area contributed by atoms with E-state index in [1.807, 2.05) is 0 Å². The molecule has 0 bridgehead atoms. The minimum atomic E-state index is -5.20. The second kappa shape index (κ2) is 10.2. The number of hydrogen-bond acceptors (Lipinski definition) is 5. The van der Waals surface area contributed by atoms with Crippen molar-refractivity contribution in [1.29, 1.82) is 0 Å². The molecular weight excluding hydrogens is 628 g/mol. The largest absolute Gasteiger partial charge is 0.507 e. The number of allylic oxidation sites excluding steroid dienone is 6. The number of phenolic OH excluding ortho intramolecular Hbond substituents is 1.